The van der Waals surface area contributed by atoms with Crippen LogP contribution in [0.15, 0.2) is 5.38 Å². The van der Waals surface area contributed by atoms with Gasteiger partial charge in [0.1, 0.15) is 5.69 Å². The van der Waals surface area contributed by atoms with Crippen LogP contribution in [0.2, 0.25) is 0 Å². The van der Waals surface area contributed by atoms with Gasteiger partial charge in [0.15, 0.2) is 10.9 Å². The van der Waals surface area contributed by atoms with Gasteiger partial charge in [-0.25, -0.2) is 4.98 Å². The maximum atomic E-state index is 12.6. The van der Waals surface area contributed by atoms with E-state index in [9.17, 15) is 4.79 Å². The number of thiazole rings is 1. The van der Waals surface area contributed by atoms with Gasteiger partial charge in [-0.05, 0) is 55.8 Å². The van der Waals surface area contributed by atoms with Crippen molar-refractivity contribution in [2.75, 3.05) is 5.73 Å². The molecule has 0 aromatic carbocycles. The Bertz CT molecular complexity index is 468. The Morgan fingerprint density at radius 2 is 1.78 bits per heavy atom. The van der Waals surface area contributed by atoms with Crippen LogP contribution in [0.5, 0.6) is 0 Å². The summed E-state index contributed by atoms with van der Waals surface area (Å²) in [6.07, 6.45) is 6.55. The van der Waals surface area contributed by atoms with Gasteiger partial charge in [0.25, 0.3) is 0 Å². The maximum Gasteiger partial charge on any atom is 0.185 e. The number of Topliss-reactive ketones (excluding diaryl/α,β-unsaturated/α-hetero) is 1. The van der Waals surface area contributed by atoms with E-state index >= 15 is 0 Å². The number of ketones is 1. The number of nitrogens with zero attached hydrogens (tertiary/aromatic N) is 1. The van der Waals surface area contributed by atoms with E-state index in [1.807, 2.05) is 5.38 Å². The molecule has 0 spiro atoms. The number of hydrogen-bond acceptors (Lipinski definition) is 4. The van der Waals surface area contributed by atoms with E-state index in [1.54, 1.807) is 0 Å². The molecule has 3 nitrogen and oxygen atoms in total. The number of hydrogen-bond donors (Lipinski definition) is 1. The number of carbonyl (C=O) groups is 1. The molecule has 4 heteroatoms. The van der Waals surface area contributed by atoms with Crippen LogP contribution in [0.4, 0.5) is 5.13 Å². The fourth-order valence-corrected chi connectivity index (χ4v) is 5.48. The van der Waals surface area contributed by atoms with E-state index in [-0.39, 0.29) is 11.7 Å². The van der Waals surface area contributed by atoms with Crippen LogP contribution in [0.25, 0.3) is 0 Å². The van der Waals surface area contributed by atoms with Crippen molar-refractivity contribution in [3.8, 4) is 0 Å². The van der Waals surface area contributed by atoms with E-state index in [0.717, 1.165) is 11.8 Å². The highest BCUT2D eigenvalue weighted by Crippen LogP contribution is 2.57. The third kappa shape index (κ3) is 1.54. The smallest absolute Gasteiger partial charge is 0.185 e. The van der Waals surface area contributed by atoms with Gasteiger partial charge >= 0.3 is 0 Å². The summed E-state index contributed by atoms with van der Waals surface area (Å²) in [5.41, 5.74) is 6.27. The van der Waals surface area contributed by atoms with Gasteiger partial charge in [0, 0.05) is 11.3 Å². The van der Waals surface area contributed by atoms with E-state index in [4.69, 9.17) is 5.73 Å². The SMILES string of the molecule is Nc1nc(C(=O)C2C3CC4CC(C3)CC2C4)cs1. The second-order valence-corrected chi connectivity index (χ2v) is 7.28. The van der Waals surface area contributed by atoms with Gasteiger partial charge in [-0.15, -0.1) is 11.3 Å². The molecule has 0 saturated heterocycles. The number of rotatable bonds is 2. The molecule has 0 aliphatic heterocycles. The molecule has 0 amide bonds. The van der Waals surface area contributed by atoms with Crippen molar-refractivity contribution in [2.45, 2.75) is 32.1 Å². The van der Waals surface area contributed by atoms with Gasteiger partial charge in [-0.2, -0.15) is 0 Å². The largest absolute Gasteiger partial charge is 0.375 e. The first-order valence-corrected chi connectivity index (χ1v) is 7.84. The number of nitrogen functional groups attached to an aromatic ring is 1. The zero-order valence-corrected chi connectivity index (χ0v) is 11.2. The average molecular weight is 262 g/mol. The van der Waals surface area contributed by atoms with Crippen molar-refractivity contribution < 1.29 is 4.79 Å². The molecular formula is C14H18N2OS. The molecule has 1 heterocycles. The molecule has 0 unspecified atom stereocenters. The lowest BCUT2D eigenvalue weighted by Gasteiger charge is -2.53. The molecule has 4 fully saturated rings. The first kappa shape index (κ1) is 11.0. The van der Waals surface area contributed by atoms with Crippen molar-refractivity contribution >= 4 is 22.3 Å². The molecule has 18 heavy (non-hydrogen) atoms. The Morgan fingerprint density at radius 3 is 2.28 bits per heavy atom. The molecule has 4 aliphatic carbocycles. The molecule has 2 N–H and O–H groups in total. The minimum Gasteiger partial charge on any atom is -0.375 e. The van der Waals surface area contributed by atoms with Crippen LogP contribution in [-0.4, -0.2) is 10.8 Å². The van der Waals surface area contributed by atoms with Crippen LogP contribution in [0.3, 0.4) is 0 Å². The molecule has 1 aromatic rings. The van der Waals surface area contributed by atoms with Gasteiger partial charge < -0.3 is 5.73 Å². The molecule has 0 atom stereocenters. The Balaban J connectivity index is 1.63. The second-order valence-electron chi connectivity index (χ2n) is 6.39. The summed E-state index contributed by atoms with van der Waals surface area (Å²) in [4.78, 5) is 16.8. The molecule has 0 radical (unpaired) electrons. The van der Waals surface area contributed by atoms with Gasteiger partial charge in [0.05, 0.1) is 0 Å². The van der Waals surface area contributed by atoms with Gasteiger partial charge in [0.2, 0.25) is 0 Å². The van der Waals surface area contributed by atoms with Crippen molar-refractivity contribution in [2.24, 2.45) is 29.6 Å². The van der Waals surface area contributed by atoms with Crippen LogP contribution in [0.1, 0.15) is 42.6 Å². The summed E-state index contributed by atoms with van der Waals surface area (Å²) in [5, 5.41) is 2.35. The number of carbonyl (C=O) groups excluding carboxylic acids is 1. The Labute approximate surface area is 111 Å². The molecule has 4 bridgehead atoms. The Kier molecular flexibility index (Phi) is 2.31. The lowest BCUT2D eigenvalue weighted by Crippen LogP contribution is -2.48. The van der Waals surface area contributed by atoms with Crippen molar-refractivity contribution in [1.29, 1.82) is 0 Å². The van der Waals surface area contributed by atoms with Gasteiger partial charge in [-0.1, -0.05) is 0 Å². The summed E-state index contributed by atoms with van der Waals surface area (Å²) in [7, 11) is 0. The normalized spacial score (nSPS) is 41.2. The molecule has 1 aromatic heterocycles. The minimum atomic E-state index is 0.249. The zero-order chi connectivity index (χ0) is 12.3. The number of anilines is 1. The molecular weight excluding hydrogens is 244 g/mol. The summed E-state index contributed by atoms with van der Waals surface area (Å²) in [5.74, 6) is 3.62. The third-order valence-corrected chi connectivity index (χ3v) is 5.98. The van der Waals surface area contributed by atoms with Crippen molar-refractivity contribution in [3.63, 3.8) is 0 Å². The lowest BCUT2D eigenvalue weighted by molar-refractivity contribution is -0.0252. The lowest BCUT2D eigenvalue weighted by atomic mass is 9.51. The van der Waals surface area contributed by atoms with E-state index in [0.29, 0.717) is 22.7 Å². The average Bonchev–Trinajstić information content (AvgIpc) is 2.74. The summed E-state index contributed by atoms with van der Waals surface area (Å²) in [6, 6.07) is 0. The van der Waals surface area contributed by atoms with Crippen molar-refractivity contribution in [3.05, 3.63) is 11.1 Å². The molecule has 4 aliphatic rings. The predicted molar refractivity (Wildman–Crippen MR) is 71.4 cm³/mol. The van der Waals surface area contributed by atoms with Crippen LogP contribution >= 0.6 is 11.3 Å². The molecule has 96 valence electrons. The summed E-state index contributed by atoms with van der Waals surface area (Å²) >= 11 is 1.38. The monoisotopic (exact) mass is 262 g/mol. The summed E-state index contributed by atoms with van der Waals surface area (Å²) in [6.45, 7) is 0. The number of aromatic nitrogens is 1. The first-order valence-electron chi connectivity index (χ1n) is 6.96. The van der Waals surface area contributed by atoms with Crippen LogP contribution in [-0.2, 0) is 0 Å². The highest BCUT2D eigenvalue weighted by atomic mass is 32.1. The van der Waals surface area contributed by atoms with Crippen LogP contribution < -0.4 is 5.73 Å². The Morgan fingerprint density at radius 1 is 1.17 bits per heavy atom. The highest BCUT2D eigenvalue weighted by Gasteiger charge is 2.50. The van der Waals surface area contributed by atoms with Crippen molar-refractivity contribution in [1.82, 2.24) is 4.98 Å². The van der Waals surface area contributed by atoms with Crippen LogP contribution in [0, 0.1) is 29.6 Å². The molecule has 4 saturated carbocycles. The number of nitrogens with two attached hydrogens (primary N) is 1. The fourth-order valence-electron chi connectivity index (χ4n) is 4.92. The van der Waals surface area contributed by atoms with E-state index < -0.39 is 0 Å². The summed E-state index contributed by atoms with van der Waals surface area (Å²) < 4.78 is 0. The maximum absolute atomic E-state index is 12.6. The van der Waals surface area contributed by atoms with Gasteiger partial charge in [-0.3, -0.25) is 4.79 Å². The quantitative estimate of drug-likeness (QED) is 0.834. The van der Waals surface area contributed by atoms with E-state index in [2.05, 4.69) is 4.98 Å². The Hall–Kier alpha value is -0.900. The highest BCUT2D eigenvalue weighted by molar-refractivity contribution is 7.13. The predicted octanol–water partition coefficient (Wildman–Crippen LogP) is 2.98. The first-order chi connectivity index (χ1) is 8.70. The van der Waals surface area contributed by atoms with E-state index in [1.165, 1.54) is 43.4 Å². The standard InChI is InChI=1S/C14H18N2OS/c15-14-16-11(6-18-14)13(17)12-9-2-7-1-8(4-9)5-10(12)3-7/h6-10,12H,1-5H2,(H2,15,16). The topological polar surface area (TPSA) is 56.0 Å². The fraction of sp³-hybridized carbons (Fsp3) is 0.714. The minimum absolute atomic E-state index is 0.249. The molecule has 5 rings (SSSR count). The zero-order valence-electron chi connectivity index (χ0n) is 10.3. The third-order valence-electron chi connectivity index (χ3n) is 5.30. The second kappa shape index (κ2) is 3.80.